The average Bonchev–Trinajstić information content (AvgIpc) is 3.01. The van der Waals surface area contributed by atoms with Crippen LogP contribution in [0.1, 0.15) is 70.4 Å². The molecular weight excluding hydrogens is 1110 g/mol. The summed E-state index contributed by atoms with van der Waals surface area (Å²) in [5.41, 5.74) is 1.34. The van der Waals surface area contributed by atoms with E-state index in [1.807, 2.05) is 42.4 Å². The van der Waals surface area contributed by atoms with Gasteiger partial charge in [0.25, 0.3) is 40.5 Å². The van der Waals surface area contributed by atoms with Crippen molar-refractivity contribution in [1.82, 2.24) is 0 Å². The number of methoxy groups -OCH3 is 2. The van der Waals surface area contributed by atoms with E-state index in [9.17, 15) is 61.8 Å². The normalized spacial score (nSPS) is 18.6. The Morgan fingerprint density at radius 2 is 1.08 bits per heavy atom. The molecule has 2 aliphatic heterocycles. The van der Waals surface area contributed by atoms with Crippen LogP contribution in [0.3, 0.4) is 0 Å². The molecular formula is C53H69N2O20S4+. The van der Waals surface area contributed by atoms with Crippen LogP contribution in [0, 0.1) is 0 Å². The Labute approximate surface area is 461 Å². The molecule has 0 saturated heterocycles. The van der Waals surface area contributed by atoms with Crippen LogP contribution in [-0.2, 0) is 84.5 Å². The van der Waals surface area contributed by atoms with E-state index in [1.54, 1.807) is 44.6 Å². The fourth-order valence-corrected chi connectivity index (χ4v) is 13.1. The van der Waals surface area contributed by atoms with E-state index in [-0.39, 0.29) is 80.4 Å². The minimum Gasteiger partial charge on any atom is -0.481 e. The summed E-state index contributed by atoms with van der Waals surface area (Å²) in [5, 5.41) is 9.64. The number of hydrogen-bond donors (Lipinski definition) is 5. The minimum atomic E-state index is -5.06. The van der Waals surface area contributed by atoms with Crippen molar-refractivity contribution in [1.29, 1.82) is 0 Å². The fourth-order valence-electron chi connectivity index (χ4n) is 10.4. The lowest BCUT2D eigenvalue weighted by Gasteiger charge is -2.31. The number of allylic oxidation sites excluding steroid dienone is 6. The molecule has 26 heteroatoms. The number of benzene rings is 4. The van der Waals surface area contributed by atoms with Crippen molar-refractivity contribution < 1.29 is 94.8 Å². The van der Waals surface area contributed by atoms with Gasteiger partial charge in [0.2, 0.25) is 5.69 Å². The van der Waals surface area contributed by atoms with Crippen molar-refractivity contribution in [2.45, 2.75) is 89.7 Å². The van der Waals surface area contributed by atoms with Gasteiger partial charge in [-0.15, -0.1) is 0 Å². The van der Waals surface area contributed by atoms with Gasteiger partial charge in [-0.25, -0.2) is 0 Å². The van der Waals surface area contributed by atoms with Gasteiger partial charge in [-0.05, 0) is 105 Å². The van der Waals surface area contributed by atoms with E-state index < -0.39 is 76.9 Å². The van der Waals surface area contributed by atoms with Gasteiger partial charge in [0, 0.05) is 85.7 Å². The standard InChI is InChI=1S/C53H68N2O20S4/c1-6-54-43-18-16-39-41(33-37(76(58,59)60)35-45(39)78(64,65)66)50(43)52(2,20-23-72-29-31-74-27-25-70-4)47(54)13-9-7-10-14-48-53(3,21-24-73-30-32-75-28-26-71-5)51-42-34-38(77(61,62)63)36-46(79(67,68)69)40(42)17-19-44(51)55(48)22-12-8-11-15-49(56)57/h7,9-10,13-14,16-19,33-36H,6,8,11-12,15,20-32H2,1-5H3,(H4-,56,57,58,59,60,61,62,63,64,65,66,67,68,69)/p+1. The second-order valence-electron chi connectivity index (χ2n) is 19.2. The van der Waals surface area contributed by atoms with Crippen molar-refractivity contribution in [3.05, 3.63) is 95.7 Å². The zero-order valence-corrected chi connectivity index (χ0v) is 47.9. The Hall–Kier alpha value is -5.04. The molecule has 79 heavy (non-hydrogen) atoms. The van der Waals surface area contributed by atoms with Crippen LogP contribution >= 0.6 is 0 Å². The predicted molar refractivity (Wildman–Crippen MR) is 293 cm³/mol. The Balaban J connectivity index is 1.49. The van der Waals surface area contributed by atoms with E-state index in [0.29, 0.717) is 105 Å². The molecule has 0 amide bonds. The Morgan fingerprint density at radius 3 is 1.57 bits per heavy atom. The molecule has 0 aliphatic carbocycles. The summed E-state index contributed by atoms with van der Waals surface area (Å²) >= 11 is 0. The SMILES string of the molecule is CC[N+]1=C(/C=C/C=C/C=C2/N(CCCCCC(=O)O)c3ccc4c(S(=O)(=O)O)cc(S(=O)(=O)O)cc4c3C2(C)CCOCCOCCOC)C(C)(CCOCCOCCOC)c2c1ccc1c(S(=O)(=O)O)cc(S(=O)(=O)O)cc21. The smallest absolute Gasteiger partial charge is 0.303 e. The van der Waals surface area contributed by atoms with Gasteiger partial charge in [-0.3, -0.25) is 23.0 Å². The molecule has 4 aromatic rings. The first-order chi connectivity index (χ1) is 37.2. The number of rotatable bonds is 32. The summed E-state index contributed by atoms with van der Waals surface area (Å²) < 4.78 is 179. The number of carboxylic acids is 1. The fraction of sp³-hybridized carbons (Fsp3) is 0.472. The van der Waals surface area contributed by atoms with Crippen molar-refractivity contribution >= 4 is 85.1 Å². The number of nitrogens with zero attached hydrogens (tertiary/aromatic N) is 2. The zero-order valence-electron chi connectivity index (χ0n) is 44.6. The van der Waals surface area contributed by atoms with Gasteiger partial charge in [0.05, 0.1) is 68.1 Å². The highest BCUT2D eigenvalue weighted by Crippen LogP contribution is 2.54. The molecule has 0 saturated carbocycles. The lowest BCUT2D eigenvalue weighted by atomic mass is 9.75. The van der Waals surface area contributed by atoms with Crippen LogP contribution in [0.4, 0.5) is 11.4 Å². The molecule has 0 fully saturated rings. The van der Waals surface area contributed by atoms with Crippen LogP contribution < -0.4 is 4.90 Å². The van der Waals surface area contributed by atoms with Crippen molar-refractivity contribution in [2.75, 3.05) is 98.3 Å². The third-order valence-electron chi connectivity index (χ3n) is 14.1. The van der Waals surface area contributed by atoms with Gasteiger partial charge < -0.3 is 38.4 Å². The topological polar surface area (TPSA) is 316 Å². The molecule has 434 valence electrons. The maximum absolute atomic E-state index is 12.9. The first-order valence-corrected chi connectivity index (χ1v) is 31.1. The predicted octanol–water partition coefficient (Wildman–Crippen LogP) is 6.91. The number of fused-ring (bicyclic) bond motifs is 6. The second kappa shape index (κ2) is 26.7. The number of carbonyl (C=O) groups is 1. The minimum absolute atomic E-state index is 0.0106. The molecule has 22 nitrogen and oxygen atoms in total. The zero-order chi connectivity index (χ0) is 58.0. The third-order valence-corrected chi connectivity index (χ3v) is 17.5. The highest BCUT2D eigenvalue weighted by Gasteiger charge is 2.49. The Kier molecular flexibility index (Phi) is 21.3. The Morgan fingerprint density at radius 1 is 0.582 bits per heavy atom. The molecule has 0 aromatic heterocycles. The maximum atomic E-state index is 12.9. The van der Waals surface area contributed by atoms with Gasteiger partial charge in [-0.2, -0.15) is 38.2 Å². The summed E-state index contributed by atoms with van der Waals surface area (Å²) in [7, 11) is -17.0. The number of aliphatic carboxylic acids is 1. The summed E-state index contributed by atoms with van der Waals surface area (Å²) in [4.78, 5) is 10.5. The quantitative estimate of drug-likeness (QED) is 0.0143. The summed E-state index contributed by atoms with van der Waals surface area (Å²) in [6.45, 7) is 9.06. The molecule has 0 bridgehead atoms. The van der Waals surface area contributed by atoms with Crippen molar-refractivity contribution in [3.63, 3.8) is 0 Å². The average molecular weight is 1180 g/mol. The maximum Gasteiger partial charge on any atom is 0.303 e. The van der Waals surface area contributed by atoms with Gasteiger partial charge in [0.15, 0.2) is 5.71 Å². The number of ether oxygens (including phenoxy) is 6. The number of unbranched alkanes of at least 4 members (excludes halogenated alkanes) is 2. The molecule has 0 spiro atoms. The molecule has 2 aliphatic rings. The van der Waals surface area contributed by atoms with Gasteiger partial charge in [-0.1, -0.05) is 30.7 Å². The first-order valence-electron chi connectivity index (χ1n) is 25.3. The van der Waals surface area contributed by atoms with Crippen LogP contribution in [0.25, 0.3) is 21.5 Å². The second-order valence-corrected chi connectivity index (χ2v) is 24.9. The van der Waals surface area contributed by atoms with Crippen LogP contribution in [0.2, 0.25) is 0 Å². The molecule has 2 heterocycles. The van der Waals surface area contributed by atoms with Crippen LogP contribution in [0.5, 0.6) is 0 Å². The lowest BCUT2D eigenvalue weighted by molar-refractivity contribution is -0.433. The monoisotopic (exact) mass is 1180 g/mol. The summed E-state index contributed by atoms with van der Waals surface area (Å²) in [6.07, 6.45) is 10.8. The third kappa shape index (κ3) is 14.9. The molecule has 0 radical (unpaired) electrons. The largest absolute Gasteiger partial charge is 0.481 e. The number of hydrogen-bond acceptors (Lipinski definition) is 16. The molecule has 4 aromatic carbocycles. The highest BCUT2D eigenvalue weighted by atomic mass is 32.2. The van der Waals surface area contributed by atoms with Crippen LogP contribution in [-0.4, -0.2) is 167 Å². The molecule has 2 atom stereocenters. The van der Waals surface area contributed by atoms with E-state index in [2.05, 4.69) is 0 Å². The summed E-state index contributed by atoms with van der Waals surface area (Å²) in [6, 6.07) is 10.0. The molecule has 5 N–H and O–H groups in total. The number of anilines is 1. The van der Waals surface area contributed by atoms with E-state index in [1.165, 1.54) is 24.3 Å². The first kappa shape index (κ1) is 63.1. The van der Waals surface area contributed by atoms with E-state index in [0.717, 1.165) is 0 Å². The molecule has 6 rings (SSSR count). The number of carboxylic acid groups (broad SMARTS) is 1. The Bertz CT molecular complexity index is 3490. The van der Waals surface area contributed by atoms with E-state index >= 15 is 0 Å². The van der Waals surface area contributed by atoms with Crippen LogP contribution in [0.15, 0.2) is 104 Å². The highest BCUT2D eigenvalue weighted by molar-refractivity contribution is 7.87. The lowest BCUT2D eigenvalue weighted by Crippen LogP contribution is -2.33. The van der Waals surface area contributed by atoms with E-state index in [4.69, 9.17) is 28.4 Å². The van der Waals surface area contributed by atoms with Crippen molar-refractivity contribution in [3.8, 4) is 0 Å². The van der Waals surface area contributed by atoms with Gasteiger partial charge in [0.1, 0.15) is 16.3 Å². The molecule has 2 unspecified atom stereocenters. The van der Waals surface area contributed by atoms with Gasteiger partial charge >= 0.3 is 5.97 Å². The summed E-state index contributed by atoms with van der Waals surface area (Å²) in [5.74, 6) is -0.946. The van der Waals surface area contributed by atoms with Crippen molar-refractivity contribution in [2.24, 2.45) is 0 Å².